The molecule has 3 nitrogen and oxygen atoms in total. The Morgan fingerprint density at radius 1 is 0.750 bits per heavy atom. The average Bonchev–Trinajstić information content (AvgIpc) is 2.63. The molecule has 3 heteroatoms. The molecule has 1 N–H and O–H groups in total. The summed E-state index contributed by atoms with van der Waals surface area (Å²) in [5, 5.41) is 9.36. The van der Waals surface area contributed by atoms with Crippen molar-refractivity contribution < 1.29 is 5.11 Å². The zero-order valence-corrected chi connectivity index (χ0v) is 13.9. The molecule has 24 heavy (non-hydrogen) atoms. The Balaban J connectivity index is 1.72. The normalized spacial score (nSPS) is 10.7. The number of aromatic nitrogens is 2. The van der Waals surface area contributed by atoms with Crippen LogP contribution in [0.3, 0.4) is 0 Å². The van der Waals surface area contributed by atoms with Crippen LogP contribution in [0.25, 0.3) is 22.5 Å². The Kier molecular flexibility index (Phi) is 5.22. The van der Waals surface area contributed by atoms with Crippen molar-refractivity contribution in [2.45, 2.75) is 32.6 Å². The highest BCUT2D eigenvalue weighted by molar-refractivity contribution is 5.64. The summed E-state index contributed by atoms with van der Waals surface area (Å²) >= 11 is 0. The molecule has 0 radical (unpaired) electrons. The molecule has 0 atom stereocenters. The zero-order valence-electron chi connectivity index (χ0n) is 13.9. The van der Waals surface area contributed by atoms with Gasteiger partial charge in [0.2, 0.25) is 0 Å². The minimum absolute atomic E-state index is 0.260. The summed E-state index contributed by atoms with van der Waals surface area (Å²) in [6.45, 7) is 2.22. The number of benzene rings is 2. The number of hydrogen-bond acceptors (Lipinski definition) is 3. The van der Waals surface area contributed by atoms with E-state index in [1.807, 2.05) is 24.5 Å². The average molecular weight is 318 g/mol. The molecule has 1 heterocycles. The summed E-state index contributed by atoms with van der Waals surface area (Å²) in [7, 11) is 0. The van der Waals surface area contributed by atoms with Crippen LogP contribution in [0.1, 0.15) is 31.7 Å². The van der Waals surface area contributed by atoms with Crippen LogP contribution in [-0.4, -0.2) is 15.1 Å². The van der Waals surface area contributed by atoms with Crippen molar-refractivity contribution in [1.29, 1.82) is 0 Å². The lowest BCUT2D eigenvalue weighted by atomic mass is 10.0. The number of phenols is 1. The van der Waals surface area contributed by atoms with E-state index in [2.05, 4.69) is 41.2 Å². The van der Waals surface area contributed by atoms with Gasteiger partial charge in [0, 0.05) is 23.5 Å². The lowest BCUT2D eigenvalue weighted by molar-refractivity contribution is 0.475. The maximum atomic E-state index is 9.36. The number of aromatic hydroxyl groups is 1. The Morgan fingerprint density at radius 3 is 2.00 bits per heavy atom. The van der Waals surface area contributed by atoms with Gasteiger partial charge >= 0.3 is 0 Å². The molecule has 2 aromatic carbocycles. The van der Waals surface area contributed by atoms with Crippen LogP contribution in [0, 0.1) is 0 Å². The van der Waals surface area contributed by atoms with E-state index in [1.54, 1.807) is 12.1 Å². The fourth-order valence-electron chi connectivity index (χ4n) is 2.68. The molecule has 0 aliphatic heterocycles. The molecule has 0 fully saturated rings. The van der Waals surface area contributed by atoms with Gasteiger partial charge in [0.1, 0.15) is 5.75 Å². The van der Waals surface area contributed by atoms with Gasteiger partial charge < -0.3 is 5.11 Å². The van der Waals surface area contributed by atoms with Gasteiger partial charge in [0.25, 0.3) is 0 Å². The van der Waals surface area contributed by atoms with Crippen LogP contribution >= 0.6 is 0 Å². The van der Waals surface area contributed by atoms with Crippen molar-refractivity contribution >= 4 is 0 Å². The van der Waals surface area contributed by atoms with Crippen molar-refractivity contribution in [2.75, 3.05) is 0 Å². The third-order valence-corrected chi connectivity index (χ3v) is 4.13. The van der Waals surface area contributed by atoms with Gasteiger partial charge in [-0.2, -0.15) is 0 Å². The predicted molar refractivity (Wildman–Crippen MR) is 97.8 cm³/mol. The van der Waals surface area contributed by atoms with Crippen molar-refractivity contribution in [2.24, 2.45) is 0 Å². The smallest absolute Gasteiger partial charge is 0.159 e. The molecule has 3 aromatic rings. The molecule has 3 rings (SSSR count). The lowest BCUT2D eigenvalue weighted by Gasteiger charge is -2.05. The fourth-order valence-corrected chi connectivity index (χ4v) is 2.68. The standard InChI is InChI=1S/C21H22N2O/c1-2-3-4-5-16-6-8-18(9-7-16)21-22-14-19(15-23-21)17-10-12-20(24)13-11-17/h6-15,24H,2-5H2,1H3. The van der Waals surface area contributed by atoms with Crippen molar-refractivity contribution in [1.82, 2.24) is 9.97 Å². The second kappa shape index (κ2) is 7.73. The number of aryl methyl sites for hydroxylation is 1. The first-order chi connectivity index (χ1) is 11.8. The Hall–Kier alpha value is -2.68. The topological polar surface area (TPSA) is 46.0 Å². The fraction of sp³-hybridized carbons (Fsp3) is 0.238. The number of rotatable bonds is 6. The Labute approximate surface area is 143 Å². The van der Waals surface area contributed by atoms with Crippen LogP contribution in [0.5, 0.6) is 5.75 Å². The summed E-state index contributed by atoms with van der Waals surface area (Å²) in [6.07, 6.45) is 8.55. The Morgan fingerprint density at radius 2 is 1.38 bits per heavy atom. The van der Waals surface area contributed by atoms with Crippen molar-refractivity contribution in [3.05, 3.63) is 66.5 Å². The molecule has 0 amide bonds. The highest BCUT2D eigenvalue weighted by atomic mass is 16.3. The second-order valence-corrected chi connectivity index (χ2v) is 6.00. The largest absolute Gasteiger partial charge is 0.508 e. The molecule has 0 bridgehead atoms. The van der Waals surface area contributed by atoms with Crippen LogP contribution < -0.4 is 0 Å². The molecule has 0 unspecified atom stereocenters. The molecular formula is C21H22N2O. The molecule has 0 saturated carbocycles. The van der Waals surface area contributed by atoms with E-state index in [9.17, 15) is 5.11 Å². The summed E-state index contributed by atoms with van der Waals surface area (Å²) in [4.78, 5) is 8.96. The minimum atomic E-state index is 0.260. The van der Waals surface area contributed by atoms with Gasteiger partial charge in [0.05, 0.1) is 0 Å². The predicted octanol–water partition coefficient (Wildman–Crippen LogP) is 5.25. The summed E-state index contributed by atoms with van der Waals surface area (Å²) < 4.78 is 0. The van der Waals surface area contributed by atoms with Crippen LogP contribution in [0.2, 0.25) is 0 Å². The minimum Gasteiger partial charge on any atom is -0.508 e. The third-order valence-electron chi connectivity index (χ3n) is 4.13. The van der Waals surface area contributed by atoms with E-state index >= 15 is 0 Å². The summed E-state index contributed by atoms with van der Waals surface area (Å²) in [6, 6.07) is 15.6. The zero-order chi connectivity index (χ0) is 16.8. The number of phenolic OH excluding ortho intramolecular Hbond substituents is 1. The molecular weight excluding hydrogens is 296 g/mol. The second-order valence-electron chi connectivity index (χ2n) is 6.00. The van der Waals surface area contributed by atoms with Gasteiger partial charge in [-0.25, -0.2) is 9.97 Å². The highest BCUT2D eigenvalue weighted by Crippen LogP contribution is 2.22. The van der Waals surface area contributed by atoms with Gasteiger partial charge in [-0.05, 0) is 36.1 Å². The summed E-state index contributed by atoms with van der Waals surface area (Å²) in [5.74, 6) is 0.993. The van der Waals surface area contributed by atoms with E-state index in [0.717, 1.165) is 28.9 Å². The molecule has 0 aliphatic rings. The van der Waals surface area contributed by atoms with E-state index in [1.165, 1.54) is 24.8 Å². The molecule has 1 aromatic heterocycles. The number of hydrogen-bond donors (Lipinski definition) is 1. The summed E-state index contributed by atoms with van der Waals surface area (Å²) in [5.41, 5.74) is 4.33. The highest BCUT2D eigenvalue weighted by Gasteiger charge is 2.04. The van der Waals surface area contributed by atoms with Gasteiger partial charge in [-0.1, -0.05) is 56.2 Å². The first kappa shape index (κ1) is 16.2. The molecule has 0 spiro atoms. The van der Waals surface area contributed by atoms with Crippen LogP contribution in [0.15, 0.2) is 60.9 Å². The van der Waals surface area contributed by atoms with E-state index in [4.69, 9.17) is 0 Å². The van der Waals surface area contributed by atoms with Crippen molar-refractivity contribution in [3.63, 3.8) is 0 Å². The van der Waals surface area contributed by atoms with Gasteiger partial charge in [-0.15, -0.1) is 0 Å². The van der Waals surface area contributed by atoms with E-state index < -0.39 is 0 Å². The third kappa shape index (κ3) is 3.99. The Bertz CT molecular complexity index is 762. The first-order valence-corrected chi connectivity index (χ1v) is 8.47. The van der Waals surface area contributed by atoms with E-state index in [0.29, 0.717) is 0 Å². The first-order valence-electron chi connectivity index (χ1n) is 8.47. The van der Waals surface area contributed by atoms with Gasteiger partial charge in [0.15, 0.2) is 5.82 Å². The van der Waals surface area contributed by atoms with Crippen molar-refractivity contribution in [3.8, 4) is 28.3 Å². The molecule has 0 aliphatic carbocycles. The van der Waals surface area contributed by atoms with Crippen LogP contribution in [0.4, 0.5) is 0 Å². The quantitative estimate of drug-likeness (QED) is 0.631. The van der Waals surface area contributed by atoms with Crippen LogP contribution in [-0.2, 0) is 6.42 Å². The lowest BCUT2D eigenvalue weighted by Crippen LogP contribution is -1.91. The maximum absolute atomic E-state index is 9.36. The molecule has 0 saturated heterocycles. The monoisotopic (exact) mass is 318 g/mol. The maximum Gasteiger partial charge on any atom is 0.159 e. The molecule has 122 valence electrons. The van der Waals surface area contributed by atoms with Gasteiger partial charge in [-0.3, -0.25) is 0 Å². The SMILES string of the molecule is CCCCCc1ccc(-c2ncc(-c3ccc(O)cc3)cn2)cc1. The number of unbranched alkanes of at least 4 members (excludes halogenated alkanes) is 2. The number of nitrogens with zero attached hydrogens (tertiary/aromatic N) is 2. The van der Waals surface area contributed by atoms with E-state index in [-0.39, 0.29) is 5.75 Å².